The van der Waals surface area contributed by atoms with Crippen LogP contribution < -0.4 is 15.4 Å². The Morgan fingerprint density at radius 3 is 2.56 bits per heavy atom. The molecule has 0 aliphatic rings. The fourth-order valence-electron chi connectivity index (χ4n) is 2.62. The second kappa shape index (κ2) is 8.18. The summed E-state index contributed by atoms with van der Waals surface area (Å²) in [7, 11) is 1.55. The van der Waals surface area contributed by atoms with Crippen molar-refractivity contribution in [1.29, 1.82) is 0 Å². The van der Waals surface area contributed by atoms with Gasteiger partial charge in [0, 0.05) is 23.7 Å². The number of rotatable bonds is 6. The number of benzene rings is 2. The van der Waals surface area contributed by atoms with E-state index in [-0.39, 0.29) is 17.7 Å². The maximum Gasteiger partial charge on any atom is 0.257 e. The molecule has 0 saturated carbocycles. The third kappa shape index (κ3) is 4.62. The van der Waals surface area contributed by atoms with Crippen LogP contribution in [0.5, 0.6) is 5.75 Å². The standard InChI is InChI=1S/C20H21N3O3S/c1-12(2)9-17(24)21-14-10-15(26-3)18-16(11-14)27-20(22-18)23-19(25)13-7-5-4-6-8-13/h4-8,10-12H,9H2,1-3H3,(H,21,24)(H,22,23,25). The van der Waals surface area contributed by atoms with Crippen molar-refractivity contribution in [1.82, 2.24) is 4.98 Å². The van der Waals surface area contributed by atoms with Crippen molar-refractivity contribution in [2.45, 2.75) is 20.3 Å². The summed E-state index contributed by atoms with van der Waals surface area (Å²) in [6.07, 6.45) is 0.446. The molecule has 2 aromatic carbocycles. The second-order valence-electron chi connectivity index (χ2n) is 6.51. The summed E-state index contributed by atoms with van der Waals surface area (Å²) in [5.74, 6) is 0.551. The number of aromatic nitrogens is 1. The van der Waals surface area contributed by atoms with Crippen molar-refractivity contribution < 1.29 is 14.3 Å². The molecule has 140 valence electrons. The number of fused-ring (bicyclic) bond motifs is 1. The van der Waals surface area contributed by atoms with Gasteiger partial charge in [0.1, 0.15) is 11.3 Å². The molecule has 1 heterocycles. The van der Waals surface area contributed by atoms with Crippen LogP contribution in [-0.2, 0) is 4.79 Å². The number of thiazole rings is 1. The van der Waals surface area contributed by atoms with Gasteiger partial charge in [-0.05, 0) is 24.1 Å². The fourth-order valence-corrected chi connectivity index (χ4v) is 3.54. The van der Waals surface area contributed by atoms with Crippen molar-refractivity contribution in [3.05, 3.63) is 48.0 Å². The Morgan fingerprint density at radius 2 is 1.89 bits per heavy atom. The Kier molecular flexibility index (Phi) is 5.71. The lowest BCUT2D eigenvalue weighted by molar-refractivity contribution is -0.116. The first-order valence-electron chi connectivity index (χ1n) is 8.61. The smallest absolute Gasteiger partial charge is 0.257 e. The first kappa shape index (κ1) is 18.8. The lowest BCUT2D eigenvalue weighted by atomic mass is 10.1. The van der Waals surface area contributed by atoms with Gasteiger partial charge in [0.2, 0.25) is 5.91 Å². The Labute approximate surface area is 161 Å². The van der Waals surface area contributed by atoms with Crippen molar-refractivity contribution in [3.63, 3.8) is 0 Å². The molecule has 3 aromatic rings. The molecule has 3 rings (SSSR count). The monoisotopic (exact) mass is 383 g/mol. The van der Waals surface area contributed by atoms with Crippen molar-refractivity contribution in [2.75, 3.05) is 17.7 Å². The number of anilines is 2. The number of methoxy groups -OCH3 is 1. The molecule has 0 fully saturated rings. The fraction of sp³-hybridized carbons (Fsp3) is 0.250. The summed E-state index contributed by atoms with van der Waals surface area (Å²) in [6.45, 7) is 3.99. The number of hydrogen-bond donors (Lipinski definition) is 2. The van der Waals surface area contributed by atoms with E-state index in [4.69, 9.17) is 4.74 Å². The molecule has 2 amide bonds. The number of nitrogens with zero attached hydrogens (tertiary/aromatic N) is 1. The lowest BCUT2D eigenvalue weighted by Crippen LogP contribution is -2.13. The minimum Gasteiger partial charge on any atom is -0.494 e. The van der Waals surface area contributed by atoms with Crippen LogP contribution in [0.1, 0.15) is 30.6 Å². The van der Waals surface area contributed by atoms with E-state index in [0.717, 1.165) is 4.70 Å². The van der Waals surface area contributed by atoms with Gasteiger partial charge in [-0.2, -0.15) is 0 Å². The highest BCUT2D eigenvalue weighted by Gasteiger charge is 2.15. The van der Waals surface area contributed by atoms with E-state index in [1.165, 1.54) is 11.3 Å². The molecule has 0 spiro atoms. The van der Waals surface area contributed by atoms with Gasteiger partial charge >= 0.3 is 0 Å². The first-order valence-corrected chi connectivity index (χ1v) is 9.42. The number of carbonyl (C=O) groups is 2. The van der Waals surface area contributed by atoms with Gasteiger partial charge in [-0.1, -0.05) is 43.4 Å². The molecule has 0 unspecified atom stereocenters. The number of amides is 2. The van der Waals surface area contributed by atoms with Crippen molar-refractivity contribution in [2.24, 2.45) is 5.92 Å². The predicted octanol–water partition coefficient (Wildman–Crippen LogP) is 4.54. The van der Waals surface area contributed by atoms with Crippen molar-refractivity contribution >= 4 is 44.2 Å². The average molecular weight is 383 g/mol. The van der Waals surface area contributed by atoms with E-state index in [2.05, 4.69) is 15.6 Å². The van der Waals surface area contributed by atoms with Gasteiger partial charge < -0.3 is 10.1 Å². The number of carbonyl (C=O) groups excluding carboxylic acids is 2. The van der Waals surface area contributed by atoms with Gasteiger partial charge in [0.15, 0.2) is 5.13 Å². The molecule has 2 N–H and O–H groups in total. The van der Waals surface area contributed by atoms with E-state index in [9.17, 15) is 9.59 Å². The van der Waals surface area contributed by atoms with Gasteiger partial charge in [-0.15, -0.1) is 0 Å². The molecule has 6 nitrogen and oxygen atoms in total. The summed E-state index contributed by atoms with van der Waals surface area (Å²) in [5.41, 5.74) is 1.85. The van der Waals surface area contributed by atoms with Crippen LogP contribution in [0, 0.1) is 5.92 Å². The summed E-state index contributed by atoms with van der Waals surface area (Å²) in [5, 5.41) is 6.17. The predicted molar refractivity (Wildman–Crippen MR) is 109 cm³/mol. The third-order valence-corrected chi connectivity index (χ3v) is 4.73. The Morgan fingerprint density at radius 1 is 1.15 bits per heavy atom. The molecule has 27 heavy (non-hydrogen) atoms. The zero-order valence-corrected chi connectivity index (χ0v) is 16.2. The lowest BCUT2D eigenvalue weighted by Gasteiger charge is -2.09. The van der Waals surface area contributed by atoms with Gasteiger partial charge in [-0.25, -0.2) is 4.98 Å². The van der Waals surface area contributed by atoms with E-state index in [1.54, 1.807) is 25.3 Å². The number of hydrogen-bond acceptors (Lipinski definition) is 5. The largest absolute Gasteiger partial charge is 0.494 e. The molecular formula is C20H21N3O3S. The van der Waals surface area contributed by atoms with Gasteiger partial charge in [-0.3, -0.25) is 14.9 Å². The zero-order valence-electron chi connectivity index (χ0n) is 15.4. The Bertz CT molecular complexity index is 967. The topological polar surface area (TPSA) is 80.3 Å². The molecule has 0 atom stereocenters. The van der Waals surface area contributed by atoms with E-state index < -0.39 is 0 Å². The summed E-state index contributed by atoms with van der Waals surface area (Å²) < 4.78 is 6.23. The molecule has 1 aromatic heterocycles. The van der Waals surface area contributed by atoms with Crippen LogP contribution in [0.3, 0.4) is 0 Å². The molecule has 0 bridgehead atoms. The minimum absolute atomic E-state index is 0.0477. The van der Waals surface area contributed by atoms with Crippen LogP contribution in [0.2, 0.25) is 0 Å². The number of ether oxygens (including phenoxy) is 1. The van der Waals surface area contributed by atoms with Crippen LogP contribution in [0.25, 0.3) is 10.2 Å². The normalized spacial score (nSPS) is 10.8. The molecule has 0 aliphatic carbocycles. The average Bonchev–Trinajstić information content (AvgIpc) is 3.03. The Balaban J connectivity index is 1.85. The summed E-state index contributed by atoms with van der Waals surface area (Å²) in [4.78, 5) is 28.8. The molecule has 0 aliphatic heterocycles. The number of nitrogens with one attached hydrogen (secondary N) is 2. The maximum absolute atomic E-state index is 12.3. The van der Waals surface area contributed by atoms with Gasteiger partial charge in [0.05, 0.1) is 11.8 Å². The third-order valence-electron chi connectivity index (χ3n) is 3.81. The van der Waals surface area contributed by atoms with Crippen LogP contribution in [0.4, 0.5) is 10.8 Å². The molecular weight excluding hydrogens is 362 g/mol. The van der Waals surface area contributed by atoms with Crippen molar-refractivity contribution in [3.8, 4) is 5.75 Å². The minimum atomic E-state index is -0.223. The van der Waals surface area contributed by atoms with Crippen LogP contribution in [0.15, 0.2) is 42.5 Å². The zero-order chi connectivity index (χ0) is 19.4. The highest BCUT2D eigenvalue weighted by molar-refractivity contribution is 7.22. The first-order chi connectivity index (χ1) is 13.0. The highest BCUT2D eigenvalue weighted by atomic mass is 32.1. The Hall–Kier alpha value is -2.93. The summed E-state index contributed by atoms with van der Waals surface area (Å²) in [6, 6.07) is 12.5. The molecule has 0 saturated heterocycles. The maximum atomic E-state index is 12.3. The highest BCUT2D eigenvalue weighted by Crippen LogP contribution is 2.35. The van der Waals surface area contributed by atoms with Gasteiger partial charge in [0.25, 0.3) is 5.91 Å². The molecule has 0 radical (unpaired) electrons. The second-order valence-corrected chi connectivity index (χ2v) is 7.54. The van der Waals surface area contributed by atoms with Crippen LogP contribution >= 0.6 is 11.3 Å². The quantitative estimate of drug-likeness (QED) is 0.655. The summed E-state index contributed by atoms with van der Waals surface area (Å²) >= 11 is 1.33. The van der Waals surface area contributed by atoms with E-state index in [0.29, 0.717) is 34.1 Å². The van der Waals surface area contributed by atoms with E-state index >= 15 is 0 Å². The SMILES string of the molecule is COc1cc(NC(=O)CC(C)C)cc2sc(NC(=O)c3ccccc3)nc12. The van der Waals surface area contributed by atoms with Crippen LogP contribution in [-0.4, -0.2) is 23.9 Å². The van der Waals surface area contributed by atoms with E-state index in [1.807, 2.05) is 38.1 Å². The molecule has 7 heteroatoms.